The van der Waals surface area contributed by atoms with Crippen LogP contribution in [-0.2, 0) is 6.18 Å². The lowest BCUT2D eigenvalue weighted by molar-refractivity contribution is -0.143. The van der Waals surface area contributed by atoms with E-state index in [0.717, 1.165) is 0 Å². The molecule has 1 rings (SSSR count). The molecule has 84 valence electrons. The molecule has 0 atom stereocenters. The molecule has 15 heavy (non-hydrogen) atoms. The van der Waals surface area contributed by atoms with Crippen molar-refractivity contribution >= 4 is 5.69 Å². The fourth-order valence-corrected chi connectivity index (χ4v) is 0.977. The van der Waals surface area contributed by atoms with Crippen molar-refractivity contribution in [1.82, 2.24) is 4.98 Å². The van der Waals surface area contributed by atoms with E-state index in [2.05, 4.69) is 4.98 Å². The summed E-state index contributed by atoms with van der Waals surface area (Å²) in [4.78, 5) is 2.70. The normalized spacial score (nSPS) is 12.1. The van der Waals surface area contributed by atoms with Crippen LogP contribution in [0.4, 0.5) is 27.6 Å². The molecular formula is C7H5F5N2O. The fraction of sp³-hybridized carbons (Fsp3) is 0.286. The Morgan fingerprint density at radius 3 is 2.27 bits per heavy atom. The zero-order chi connectivity index (χ0) is 11.8. The topological polar surface area (TPSA) is 59.1 Å². The van der Waals surface area contributed by atoms with Gasteiger partial charge >= 0.3 is 6.18 Å². The summed E-state index contributed by atoms with van der Waals surface area (Å²) >= 11 is 0. The molecule has 0 fully saturated rings. The van der Waals surface area contributed by atoms with Crippen LogP contribution in [0.1, 0.15) is 17.7 Å². The molecule has 1 aromatic heterocycles. The molecule has 0 radical (unpaired) electrons. The van der Waals surface area contributed by atoms with Gasteiger partial charge in [0.05, 0.1) is 17.4 Å². The number of anilines is 1. The molecule has 0 aliphatic heterocycles. The smallest absolute Gasteiger partial charge is 0.433 e. The predicted molar refractivity (Wildman–Crippen MR) is 40.3 cm³/mol. The quantitative estimate of drug-likeness (QED) is 0.725. The maximum Gasteiger partial charge on any atom is 0.433 e. The van der Waals surface area contributed by atoms with Crippen LogP contribution in [0.3, 0.4) is 0 Å². The van der Waals surface area contributed by atoms with Crippen molar-refractivity contribution in [2.75, 3.05) is 5.73 Å². The van der Waals surface area contributed by atoms with Crippen molar-refractivity contribution in [2.45, 2.75) is 12.6 Å². The monoisotopic (exact) mass is 228 g/mol. The molecule has 0 amide bonds. The molecular weight excluding hydrogens is 223 g/mol. The van der Waals surface area contributed by atoms with Crippen LogP contribution in [0, 0.1) is 0 Å². The van der Waals surface area contributed by atoms with E-state index in [4.69, 9.17) is 10.8 Å². The van der Waals surface area contributed by atoms with E-state index in [0.29, 0.717) is 6.20 Å². The number of rotatable bonds is 1. The lowest BCUT2D eigenvalue weighted by Gasteiger charge is -2.13. The minimum Gasteiger partial charge on any atom is -0.504 e. The van der Waals surface area contributed by atoms with Crippen molar-refractivity contribution in [3.63, 3.8) is 0 Å². The summed E-state index contributed by atoms with van der Waals surface area (Å²) in [5.74, 6) is -0.904. The molecule has 0 bridgehead atoms. The predicted octanol–water partition coefficient (Wildman–Crippen LogP) is 2.33. The molecule has 0 unspecified atom stereocenters. The largest absolute Gasteiger partial charge is 0.504 e. The molecule has 0 aliphatic carbocycles. The van der Waals surface area contributed by atoms with E-state index < -0.39 is 35.3 Å². The van der Waals surface area contributed by atoms with Crippen molar-refractivity contribution in [2.24, 2.45) is 0 Å². The number of halogens is 5. The zero-order valence-electron chi connectivity index (χ0n) is 7.02. The minimum atomic E-state index is -5.03. The molecule has 1 aromatic rings. The van der Waals surface area contributed by atoms with Gasteiger partial charge in [0.2, 0.25) is 0 Å². The summed E-state index contributed by atoms with van der Waals surface area (Å²) in [5.41, 5.74) is 0.622. The first-order valence-electron chi connectivity index (χ1n) is 3.57. The number of hydrogen-bond acceptors (Lipinski definition) is 3. The molecule has 0 saturated carbocycles. The van der Waals surface area contributed by atoms with Gasteiger partial charge in [-0.2, -0.15) is 13.2 Å². The third kappa shape index (κ3) is 2.08. The Morgan fingerprint density at radius 1 is 1.33 bits per heavy atom. The lowest BCUT2D eigenvalue weighted by atomic mass is 10.1. The van der Waals surface area contributed by atoms with Gasteiger partial charge in [-0.25, -0.2) is 13.8 Å². The number of aromatic nitrogens is 1. The SMILES string of the molecule is Nc1c(O)cnc(C(F)(F)F)c1C(F)F. The molecule has 3 N–H and O–H groups in total. The Labute approximate surface area is 80.3 Å². The van der Waals surface area contributed by atoms with E-state index >= 15 is 0 Å². The van der Waals surface area contributed by atoms with Gasteiger partial charge in [-0.3, -0.25) is 0 Å². The number of pyridine rings is 1. The zero-order valence-corrected chi connectivity index (χ0v) is 7.02. The van der Waals surface area contributed by atoms with Gasteiger partial charge < -0.3 is 10.8 Å². The van der Waals surface area contributed by atoms with E-state index in [9.17, 15) is 22.0 Å². The Bertz CT molecular complexity index is 376. The standard InChI is InChI=1S/C7H5F5N2O/c8-6(9)3-4(13)2(15)1-14-5(3)7(10,11)12/h1,6,15H,(H2,13,14). The molecule has 0 aliphatic rings. The van der Waals surface area contributed by atoms with Gasteiger partial charge in [-0.15, -0.1) is 0 Å². The third-order valence-electron chi connectivity index (χ3n) is 1.62. The Hall–Kier alpha value is -1.60. The molecule has 0 saturated heterocycles. The highest BCUT2D eigenvalue weighted by Gasteiger charge is 2.39. The van der Waals surface area contributed by atoms with E-state index in [-0.39, 0.29) is 0 Å². The number of nitrogen functional groups attached to an aromatic ring is 1. The average molecular weight is 228 g/mol. The number of hydrogen-bond donors (Lipinski definition) is 2. The summed E-state index contributed by atoms with van der Waals surface area (Å²) in [6.45, 7) is 0. The van der Waals surface area contributed by atoms with Gasteiger partial charge in [0.15, 0.2) is 11.4 Å². The summed E-state index contributed by atoms with van der Waals surface area (Å²) in [5, 5.41) is 8.85. The second-order valence-corrected chi connectivity index (χ2v) is 2.62. The second-order valence-electron chi connectivity index (χ2n) is 2.62. The van der Waals surface area contributed by atoms with Crippen molar-refractivity contribution in [1.29, 1.82) is 0 Å². The van der Waals surface area contributed by atoms with Gasteiger partial charge in [0.25, 0.3) is 6.43 Å². The summed E-state index contributed by atoms with van der Waals surface area (Å²) in [6.07, 6.45) is -8.11. The van der Waals surface area contributed by atoms with Gasteiger partial charge in [0, 0.05) is 0 Å². The van der Waals surface area contributed by atoms with Crippen LogP contribution in [0.15, 0.2) is 6.20 Å². The summed E-state index contributed by atoms with van der Waals surface area (Å²) < 4.78 is 61.1. The highest BCUT2D eigenvalue weighted by Crippen LogP contribution is 2.40. The first-order chi connectivity index (χ1) is 6.75. The Kier molecular flexibility index (Phi) is 2.69. The number of aromatic hydroxyl groups is 1. The summed E-state index contributed by atoms with van der Waals surface area (Å²) in [7, 11) is 0. The second kappa shape index (κ2) is 3.52. The van der Waals surface area contributed by atoms with Crippen molar-refractivity contribution in [3.8, 4) is 5.75 Å². The van der Waals surface area contributed by atoms with E-state index in [1.165, 1.54) is 0 Å². The van der Waals surface area contributed by atoms with Gasteiger partial charge in [-0.05, 0) is 0 Å². The van der Waals surface area contributed by atoms with Gasteiger partial charge in [0.1, 0.15) is 0 Å². The van der Waals surface area contributed by atoms with Crippen molar-refractivity contribution < 1.29 is 27.1 Å². The van der Waals surface area contributed by atoms with Crippen LogP contribution in [0.5, 0.6) is 5.75 Å². The maximum atomic E-state index is 12.3. The van der Waals surface area contributed by atoms with Crippen LogP contribution in [0.25, 0.3) is 0 Å². The number of alkyl halides is 5. The first-order valence-corrected chi connectivity index (χ1v) is 3.57. The Balaban J connectivity index is 3.47. The maximum absolute atomic E-state index is 12.3. The van der Waals surface area contributed by atoms with Crippen LogP contribution < -0.4 is 5.73 Å². The van der Waals surface area contributed by atoms with Crippen molar-refractivity contribution in [3.05, 3.63) is 17.5 Å². The molecule has 8 heteroatoms. The number of nitrogens with zero attached hydrogens (tertiary/aromatic N) is 1. The van der Waals surface area contributed by atoms with Crippen LogP contribution in [0.2, 0.25) is 0 Å². The van der Waals surface area contributed by atoms with Gasteiger partial charge in [-0.1, -0.05) is 0 Å². The first kappa shape index (κ1) is 11.5. The number of nitrogens with two attached hydrogens (primary N) is 1. The highest BCUT2D eigenvalue weighted by molar-refractivity contribution is 5.59. The van der Waals surface area contributed by atoms with Crippen LogP contribution in [-0.4, -0.2) is 10.1 Å². The van der Waals surface area contributed by atoms with E-state index in [1.807, 2.05) is 0 Å². The third-order valence-corrected chi connectivity index (χ3v) is 1.62. The average Bonchev–Trinajstić information content (AvgIpc) is 2.06. The Morgan fingerprint density at radius 2 is 1.87 bits per heavy atom. The molecule has 0 aromatic carbocycles. The van der Waals surface area contributed by atoms with Crippen LogP contribution >= 0.6 is 0 Å². The fourth-order valence-electron chi connectivity index (χ4n) is 0.977. The van der Waals surface area contributed by atoms with E-state index in [1.54, 1.807) is 0 Å². The minimum absolute atomic E-state index is 0.379. The lowest BCUT2D eigenvalue weighted by Crippen LogP contribution is -2.14. The molecule has 1 heterocycles. The molecule has 3 nitrogen and oxygen atoms in total. The summed E-state index contributed by atoms with van der Waals surface area (Å²) in [6, 6.07) is 0. The highest BCUT2D eigenvalue weighted by atomic mass is 19.4. The molecule has 0 spiro atoms.